The molecule has 2 N–H and O–H groups in total. The van der Waals surface area contributed by atoms with Crippen molar-refractivity contribution in [2.45, 2.75) is 19.8 Å². The summed E-state index contributed by atoms with van der Waals surface area (Å²) < 4.78 is 10.9. The Hall–Kier alpha value is -1.26. The number of fused-ring (bicyclic) bond motifs is 1. The van der Waals surface area contributed by atoms with E-state index >= 15 is 0 Å². The highest BCUT2D eigenvalue weighted by molar-refractivity contribution is 6.33. The van der Waals surface area contributed by atoms with Gasteiger partial charge in [-0.15, -0.1) is 0 Å². The first kappa shape index (κ1) is 12.2. The van der Waals surface area contributed by atoms with Gasteiger partial charge in [0.25, 0.3) is 0 Å². The molecule has 0 aliphatic carbocycles. The maximum absolute atomic E-state index is 5.91. The van der Waals surface area contributed by atoms with Crippen molar-refractivity contribution in [2.75, 3.05) is 18.9 Å². The van der Waals surface area contributed by atoms with Crippen molar-refractivity contribution in [3.8, 4) is 0 Å². The minimum atomic E-state index is 0.500. The molecule has 0 saturated heterocycles. The third kappa shape index (κ3) is 2.90. The molecule has 2 aromatic rings. The number of nitrogens with zero attached hydrogens (tertiary/aromatic N) is 1. The molecule has 2 rings (SSSR count). The average molecular weight is 255 g/mol. The van der Waals surface area contributed by atoms with E-state index in [1.165, 1.54) is 0 Å². The highest BCUT2D eigenvalue weighted by Gasteiger charge is 2.08. The maximum Gasteiger partial charge on any atom is 0.197 e. The first-order chi connectivity index (χ1) is 8.20. The molecule has 5 heteroatoms. The lowest BCUT2D eigenvalue weighted by atomic mass is 10.3. The Morgan fingerprint density at radius 3 is 3.00 bits per heavy atom. The van der Waals surface area contributed by atoms with Gasteiger partial charge in [0.15, 0.2) is 11.5 Å². The quantitative estimate of drug-likeness (QED) is 0.658. The fraction of sp³-hybridized carbons (Fsp3) is 0.417. The molecule has 92 valence electrons. The SMILES string of the molecule is CCCOCCc1nc2cc(Cl)c(N)cc2o1. The van der Waals surface area contributed by atoms with Crippen LogP contribution in [0.3, 0.4) is 0 Å². The summed E-state index contributed by atoms with van der Waals surface area (Å²) in [7, 11) is 0. The molecule has 0 bridgehead atoms. The number of hydrogen-bond donors (Lipinski definition) is 1. The van der Waals surface area contributed by atoms with Crippen LogP contribution in [0.1, 0.15) is 19.2 Å². The van der Waals surface area contributed by atoms with E-state index in [1.807, 2.05) is 0 Å². The second kappa shape index (κ2) is 5.38. The molecule has 0 radical (unpaired) electrons. The number of benzene rings is 1. The molecule has 0 unspecified atom stereocenters. The zero-order chi connectivity index (χ0) is 12.3. The standard InChI is InChI=1S/C12H15ClN2O2/c1-2-4-16-5-3-12-15-10-6-8(13)9(14)7-11(10)17-12/h6-7H,2-5,14H2,1H3. The van der Waals surface area contributed by atoms with Gasteiger partial charge in [0.1, 0.15) is 5.52 Å². The topological polar surface area (TPSA) is 61.3 Å². The molecule has 17 heavy (non-hydrogen) atoms. The lowest BCUT2D eigenvalue weighted by Gasteiger charge is -1.98. The molecule has 0 aliphatic rings. The van der Waals surface area contributed by atoms with Gasteiger partial charge in [-0.1, -0.05) is 18.5 Å². The monoisotopic (exact) mass is 254 g/mol. The number of nitrogen functional groups attached to an aromatic ring is 1. The van der Waals surface area contributed by atoms with Crippen LogP contribution in [-0.4, -0.2) is 18.2 Å². The minimum absolute atomic E-state index is 0.500. The smallest absolute Gasteiger partial charge is 0.197 e. The lowest BCUT2D eigenvalue weighted by molar-refractivity contribution is 0.133. The molecule has 0 spiro atoms. The summed E-state index contributed by atoms with van der Waals surface area (Å²) in [5.41, 5.74) is 7.59. The number of ether oxygens (including phenoxy) is 1. The van der Waals surface area contributed by atoms with E-state index in [2.05, 4.69) is 11.9 Å². The van der Waals surface area contributed by atoms with Crippen molar-refractivity contribution in [1.29, 1.82) is 0 Å². The fourth-order valence-corrected chi connectivity index (χ4v) is 1.68. The highest BCUT2D eigenvalue weighted by atomic mass is 35.5. The fourth-order valence-electron chi connectivity index (χ4n) is 1.52. The number of halogens is 1. The summed E-state index contributed by atoms with van der Waals surface area (Å²) in [4.78, 5) is 4.33. The summed E-state index contributed by atoms with van der Waals surface area (Å²) in [6.45, 7) is 3.45. The van der Waals surface area contributed by atoms with Gasteiger partial charge in [-0.25, -0.2) is 4.98 Å². The summed E-state index contributed by atoms with van der Waals surface area (Å²) in [6, 6.07) is 3.41. The van der Waals surface area contributed by atoms with Gasteiger partial charge in [0, 0.05) is 19.1 Å². The molecule has 0 amide bonds. The van der Waals surface area contributed by atoms with E-state index in [-0.39, 0.29) is 0 Å². The Morgan fingerprint density at radius 1 is 1.41 bits per heavy atom. The van der Waals surface area contributed by atoms with E-state index in [9.17, 15) is 0 Å². The normalized spacial score (nSPS) is 11.2. The highest BCUT2D eigenvalue weighted by Crippen LogP contribution is 2.26. The van der Waals surface area contributed by atoms with Gasteiger partial charge in [-0.3, -0.25) is 0 Å². The van der Waals surface area contributed by atoms with Crippen molar-refractivity contribution in [3.63, 3.8) is 0 Å². The zero-order valence-corrected chi connectivity index (χ0v) is 10.5. The molecule has 0 fully saturated rings. The van der Waals surface area contributed by atoms with E-state index in [4.69, 9.17) is 26.5 Å². The van der Waals surface area contributed by atoms with Crippen LogP contribution >= 0.6 is 11.6 Å². The van der Waals surface area contributed by atoms with Gasteiger partial charge in [0.05, 0.1) is 17.3 Å². The Balaban J connectivity index is 2.09. The predicted octanol–water partition coefficient (Wildman–Crippen LogP) is 3.03. The Kier molecular flexibility index (Phi) is 3.86. The Bertz CT molecular complexity index is 471. The zero-order valence-electron chi connectivity index (χ0n) is 9.70. The molecule has 4 nitrogen and oxygen atoms in total. The van der Waals surface area contributed by atoms with Crippen LogP contribution in [0.2, 0.25) is 5.02 Å². The molecular formula is C12H15ClN2O2. The Labute approximate surface area is 105 Å². The summed E-state index contributed by atoms with van der Waals surface area (Å²) in [5.74, 6) is 0.651. The van der Waals surface area contributed by atoms with Crippen LogP contribution in [0, 0.1) is 0 Å². The van der Waals surface area contributed by atoms with Crippen molar-refractivity contribution in [1.82, 2.24) is 4.98 Å². The summed E-state index contributed by atoms with van der Waals surface area (Å²) >= 11 is 5.91. The number of nitrogens with two attached hydrogens (primary N) is 1. The molecule has 0 aliphatic heterocycles. The molecule has 0 saturated carbocycles. The number of hydrogen-bond acceptors (Lipinski definition) is 4. The number of rotatable bonds is 5. The lowest BCUT2D eigenvalue weighted by Crippen LogP contribution is -1.99. The maximum atomic E-state index is 5.91. The van der Waals surface area contributed by atoms with E-state index < -0.39 is 0 Å². The summed E-state index contributed by atoms with van der Waals surface area (Å²) in [5, 5.41) is 0.500. The number of oxazole rings is 1. The first-order valence-electron chi connectivity index (χ1n) is 5.63. The van der Waals surface area contributed by atoms with Gasteiger partial charge in [-0.05, 0) is 12.5 Å². The Morgan fingerprint density at radius 2 is 2.24 bits per heavy atom. The number of anilines is 1. The van der Waals surface area contributed by atoms with Gasteiger partial charge < -0.3 is 14.9 Å². The van der Waals surface area contributed by atoms with Crippen LogP contribution in [0.15, 0.2) is 16.5 Å². The van der Waals surface area contributed by atoms with Crippen LogP contribution in [0.5, 0.6) is 0 Å². The van der Waals surface area contributed by atoms with Gasteiger partial charge in [0.2, 0.25) is 0 Å². The number of aromatic nitrogens is 1. The second-order valence-corrected chi connectivity index (χ2v) is 4.22. The predicted molar refractivity (Wildman–Crippen MR) is 68.2 cm³/mol. The largest absolute Gasteiger partial charge is 0.441 e. The van der Waals surface area contributed by atoms with Crippen LogP contribution in [0.25, 0.3) is 11.1 Å². The van der Waals surface area contributed by atoms with Crippen LogP contribution in [-0.2, 0) is 11.2 Å². The van der Waals surface area contributed by atoms with Crippen LogP contribution < -0.4 is 5.73 Å². The third-order valence-electron chi connectivity index (χ3n) is 2.36. The van der Waals surface area contributed by atoms with E-state index in [0.29, 0.717) is 35.2 Å². The van der Waals surface area contributed by atoms with Crippen molar-refractivity contribution >= 4 is 28.4 Å². The van der Waals surface area contributed by atoms with E-state index in [1.54, 1.807) is 12.1 Å². The van der Waals surface area contributed by atoms with Crippen molar-refractivity contribution in [2.24, 2.45) is 0 Å². The molecule has 1 aromatic carbocycles. The second-order valence-electron chi connectivity index (χ2n) is 3.81. The van der Waals surface area contributed by atoms with Crippen molar-refractivity contribution in [3.05, 3.63) is 23.0 Å². The molecule has 1 heterocycles. The minimum Gasteiger partial charge on any atom is -0.441 e. The van der Waals surface area contributed by atoms with Gasteiger partial charge >= 0.3 is 0 Å². The molecule has 0 atom stereocenters. The summed E-state index contributed by atoms with van der Waals surface area (Å²) in [6.07, 6.45) is 1.67. The van der Waals surface area contributed by atoms with Crippen molar-refractivity contribution < 1.29 is 9.15 Å². The molecular weight excluding hydrogens is 240 g/mol. The van der Waals surface area contributed by atoms with Gasteiger partial charge in [-0.2, -0.15) is 0 Å². The van der Waals surface area contributed by atoms with Crippen LogP contribution in [0.4, 0.5) is 5.69 Å². The third-order valence-corrected chi connectivity index (χ3v) is 2.69. The average Bonchev–Trinajstić information content (AvgIpc) is 2.67. The first-order valence-corrected chi connectivity index (χ1v) is 6.00. The van der Waals surface area contributed by atoms with E-state index in [0.717, 1.165) is 18.5 Å². The molecule has 1 aromatic heterocycles.